The predicted molar refractivity (Wildman–Crippen MR) is 75.3 cm³/mol. The van der Waals surface area contributed by atoms with Crippen molar-refractivity contribution in [3.63, 3.8) is 0 Å². The van der Waals surface area contributed by atoms with Crippen molar-refractivity contribution in [1.29, 1.82) is 0 Å². The quantitative estimate of drug-likeness (QED) is 0.890. The second-order valence-corrected chi connectivity index (χ2v) is 5.26. The number of carboxylic acid groups (broad SMARTS) is 1. The molecule has 0 saturated carbocycles. The van der Waals surface area contributed by atoms with Crippen LogP contribution in [-0.4, -0.2) is 40.2 Å². The van der Waals surface area contributed by atoms with Crippen molar-refractivity contribution in [1.82, 2.24) is 9.88 Å². The highest BCUT2D eigenvalue weighted by Crippen LogP contribution is 2.24. The normalized spacial score (nSPS) is 16.6. The van der Waals surface area contributed by atoms with Crippen LogP contribution in [0.15, 0.2) is 22.6 Å². The van der Waals surface area contributed by atoms with Crippen molar-refractivity contribution >= 4 is 34.8 Å². The number of anilines is 1. The maximum Gasteiger partial charge on any atom is 0.407 e. The number of oxazole rings is 1. The number of hydrogen-bond acceptors (Lipinski definition) is 4. The van der Waals surface area contributed by atoms with Crippen molar-refractivity contribution in [2.75, 3.05) is 18.4 Å². The van der Waals surface area contributed by atoms with Crippen LogP contribution in [0.25, 0.3) is 11.1 Å². The summed E-state index contributed by atoms with van der Waals surface area (Å²) in [5, 5.41) is 12.7. The number of piperidine rings is 1. The molecule has 2 N–H and O–H groups in total. The van der Waals surface area contributed by atoms with E-state index in [0.29, 0.717) is 35.2 Å². The van der Waals surface area contributed by atoms with Crippen LogP contribution in [0.5, 0.6) is 0 Å². The van der Waals surface area contributed by atoms with Crippen molar-refractivity contribution in [2.24, 2.45) is 0 Å². The Morgan fingerprint density at radius 3 is 2.90 bits per heavy atom. The molecule has 0 atom stereocenters. The second kappa shape index (κ2) is 5.20. The lowest BCUT2D eigenvalue weighted by molar-refractivity contribution is 0.133. The molecule has 3 rings (SSSR count). The molecule has 0 spiro atoms. The summed E-state index contributed by atoms with van der Waals surface area (Å²) >= 11 is 5.90. The summed E-state index contributed by atoms with van der Waals surface area (Å²) in [5.74, 6) is 0. The lowest BCUT2D eigenvalue weighted by Gasteiger charge is -2.29. The van der Waals surface area contributed by atoms with E-state index >= 15 is 0 Å². The van der Waals surface area contributed by atoms with E-state index in [9.17, 15) is 4.79 Å². The molecule has 6 nitrogen and oxygen atoms in total. The van der Waals surface area contributed by atoms with E-state index in [-0.39, 0.29) is 6.04 Å². The van der Waals surface area contributed by atoms with Crippen LogP contribution in [0.4, 0.5) is 10.8 Å². The number of hydrogen-bond donors (Lipinski definition) is 2. The van der Waals surface area contributed by atoms with Gasteiger partial charge in [0.1, 0.15) is 5.52 Å². The highest BCUT2D eigenvalue weighted by Gasteiger charge is 2.23. The Labute approximate surface area is 120 Å². The number of nitrogens with one attached hydrogen (secondary N) is 1. The Kier molecular flexibility index (Phi) is 3.40. The molecule has 0 unspecified atom stereocenters. The SMILES string of the molecule is O=C(O)N1CCC(Nc2nc3cc(Cl)ccc3o2)CC1. The van der Waals surface area contributed by atoms with Gasteiger partial charge in [0.15, 0.2) is 5.58 Å². The van der Waals surface area contributed by atoms with Gasteiger partial charge in [-0.05, 0) is 31.0 Å². The molecule has 20 heavy (non-hydrogen) atoms. The van der Waals surface area contributed by atoms with E-state index in [1.165, 1.54) is 4.90 Å². The van der Waals surface area contributed by atoms with E-state index in [2.05, 4.69) is 10.3 Å². The van der Waals surface area contributed by atoms with Gasteiger partial charge in [0.2, 0.25) is 0 Å². The third-order valence-corrected chi connectivity index (χ3v) is 3.68. The largest absolute Gasteiger partial charge is 0.465 e. The first-order valence-corrected chi connectivity index (χ1v) is 6.80. The van der Waals surface area contributed by atoms with Gasteiger partial charge in [0.05, 0.1) is 0 Å². The summed E-state index contributed by atoms with van der Waals surface area (Å²) in [7, 11) is 0. The number of likely N-dealkylation sites (tertiary alicyclic amines) is 1. The molecule has 2 heterocycles. The molecule has 1 aromatic heterocycles. The number of aromatic nitrogens is 1. The minimum Gasteiger partial charge on any atom is -0.465 e. The fourth-order valence-electron chi connectivity index (χ4n) is 2.35. The topological polar surface area (TPSA) is 78.6 Å². The van der Waals surface area contributed by atoms with Crippen LogP contribution in [0, 0.1) is 0 Å². The molecule has 7 heteroatoms. The fourth-order valence-corrected chi connectivity index (χ4v) is 2.52. The summed E-state index contributed by atoms with van der Waals surface area (Å²) < 4.78 is 5.59. The lowest BCUT2D eigenvalue weighted by atomic mass is 10.1. The maximum absolute atomic E-state index is 10.8. The number of carbonyl (C=O) groups is 1. The monoisotopic (exact) mass is 295 g/mol. The van der Waals surface area contributed by atoms with E-state index < -0.39 is 6.09 Å². The summed E-state index contributed by atoms with van der Waals surface area (Å²) in [5.41, 5.74) is 1.39. The highest BCUT2D eigenvalue weighted by molar-refractivity contribution is 6.31. The Morgan fingerprint density at radius 1 is 1.45 bits per heavy atom. The van der Waals surface area contributed by atoms with Gasteiger partial charge in [-0.1, -0.05) is 11.6 Å². The molecule has 1 aliphatic heterocycles. The number of rotatable bonds is 2. The smallest absolute Gasteiger partial charge is 0.407 e. The average Bonchev–Trinajstić information content (AvgIpc) is 2.80. The zero-order chi connectivity index (χ0) is 14.1. The molecule has 1 amide bonds. The third kappa shape index (κ3) is 2.65. The van der Waals surface area contributed by atoms with Gasteiger partial charge in [0.25, 0.3) is 6.01 Å². The van der Waals surface area contributed by atoms with Gasteiger partial charge in [-0.25, -0.2) is 4.79 Å². The first-order chi connectivity index (χ1) is 9.61. The van der Waals surface area contributed by atoms with E-state index in [0.717, 1.165) is 12.8 Å². The van der Waals surface area contributed by atoms with Crippen LogP contribution in [0.3, 0.4) is 0 Å². The Hall–Kier alpha value is -1.95. The van der Waals surface area contributed by atoms with Gasteiger partial charge >= 0.3 is 6.09 Å². The molecule has 0 bridgehead atoms. The van der Waals surface area contributed by atoms with Crippen LogP contribution in [-0.2, 0) is 0 Å². The Bertz CT molecular complexity index is 635. The number of nitrogens with zero attached hydrogens (tertiary/aromatic N) is 2. The van der Waals surface area contributed by atoms with Crippen LogP contribution in [0.2, 0.25) is 5.02 Å². The standard InChI is InChI=1S/C13H14ClN3O3/c14-8-1-2-11-10(7-8)16-12(20-11)15-9-3-5-17(6-4-9)13(18)19/h1-2,7,9H,3-6H2,(H,15,16)(H,18,19). The van der Waals surface area contributed by atoms with E-state index in [1.54, 1.807) is 18.2 Å². The van der Waals surface area contributed by atoms with Crippen molar-refractivity contribution in [3.8, 4) is 0 Å². The molecule has 0 radical (unpaired) electrons. The number of halogens is 1. The molecule has 1 aromatic carbocycles. The average molecular weight is 296 g/mol. The molecule has 1 aliphatic rings. The maximum atomic E-state index is 10.8. The van der Waals surface area contributed by atoms with E-state index in [4.69, 9.17) is 21.1 Å². The van der Waals surface area contributed by atoms with Gasteiger partial charge < -0.3 is 19.7 Å². The minimum absolute atomic E-state index is 0.175. The molecular weight excluding hydrogens is 282 g/mol. The number of fused-ring (bicyclic) bond motifs is 1. The predicted octanol–water partition coefficient (Wildman–Crippen LogP) is 3.04. The molecule has 1 saturated heterocycles. The van der Waals surface area contributed by atoms with Crippen molar-refractivity contribution < 1.29 is 14.3 Å². The first kappa shape index (κ1) is 13.1. The third-order valence-electron chi connectivity index (χ3n) is 3.44. The van der Waals surface area contributed by atoms with Crippen LogP contribution in [0.1, 0.15) is 12.8 Å². The second-order valence-electron chi connectivity index (χ2n) is 4.82. The van der Waals surface area contributed by atoms with Crippen molar-refractivity contribution in [3.05, 3.63) is 23.2 Å². The molecule has 2 aromatic rings. The number of benzene rings is 1. The summed E-state index contributed by atoms with van der Waals surface area (Å²) in [6.07, 6.45) is 0.623. The summed E-state index contributed by atoms with van der Waals surface area (Å²) in [6, 6.07) is 5.91. The zero-order valence-electron chi connectivity index (χ0n) is 10.7. The summed E-state index contributed by atoms with van der Waals surface area (Å²) in [4.78, 5) is 16.6. The van der Waals surface area contributed by atoms with Gasteiger partial charge in [-0.15, -0.1) is 0 Å². The number of amides is 1. The molecule has 0 aliphatic carbocycles. The summed E-state index contributed by atoms with van der Waals surface area (Å²) in [6.45, 7) is 1.05. The molecule has 1 fully saturated rings. The zero-order valence-corrected chi connectivity index (χ0v) is 11.4. The Balaban J connectivity index is 1.66. The molecular formula is C13H14ClN3O3. The highest BCUT2D eigenvalue weighted by atomic mass is 35.5. The van der Waals surface area contributed by atoms with Gasteiger partial charge in [-0.2, -0.15) is 4.98 Å². The minimum atomic E-state index is -0.861. The van der Waals surface area contributed by atoms with E-state index in [1.807, 2.05) is 0 Å². The molecule has 106 valence electrons. The van der Waals surface area contributed by atoms with Crippen LogP contribution >= 0.6 is 11.6 Å². The Morgan fingerprint density at radius 2 is 2.20 bits per heavy atom. The fraction of sp³-hybridized carbons (Fsp3) is 0.385. The van der Waals surface area contributed by atoms with Crippen molar-refractivity contribution in [2.45, 2.75) is 18.9 Å². The first-order valence-electron chi connectivity index (χ1n) is 6.42. The van der Waals surface area contributed by atoms with Gasteiger partial charge in [-0.3, -0.25) is 0 Å². The van der Waals surface area contributed by atoms with Crippen LogP contribution < -0.4 is 5.32 Å². The lowest BCUT2D eigenvalue weighted by Crippen LogP contribution is -2.41. The van der Waals surface area contributed by atoms with Gasteiger partial charge in [0, 0.05) is 24.2 Å².